The maximum atomic E-state index is 12.0. The molecule has 16 heavy (non-hydrogen) atoms. The van der Waals surface area contributed by atoms with Gasteiger partial charge in [0.15, 0.2) is 0 Å². The smallest absolute Gasteiger partial charge is 0.229 e. The van der Waals surface area contributed by atoms with Crippen LogP contribution in [-0.4, -0.2) is 33.2 Å². The number of hydrogen-bond acceptors (Lipinski definition) is 4. The molecule has 92 valence electrons. The molecule has 0 aliphatic rings. The van der Waals surface area contributed by atoms with E-state index in [0.29, 0.717) is 0 Å². The number of alkyl halides is 3. The van der Waals surface area contributed by atoms with Crippen molar-refractivity contribution in [3.05, 3.63) is 11.9 Å². The van der Waals surface area contributed by atoms with Crippen molar-refractivity contribution in [2.75, 3.05) is 12.0 Å². The van der Waals surface area contributed by atoms with Gasteiger partial charge in [0.1, 0.15) is 4.71 Å². The summed E-state index contributed by atoms with van der Waals surface area (Å²) < 4.78 is 37.3. The molecule has 0 N–H and O–H groups in total. The van der Waals surface area contributed by atoms with Crippen LogP contribution in [0.15, 0.2) is 6.20 Å². The fourth-order valence-corrected chi connectivity index (χ4v) is 2.95. The molecule has 0 amide bonds. The number of nitrogens with zero attached hydrogens (tertiary/aromatic N) is 3. The van der Waals surface area contributed by atoms with Gasteiger partial charge in [0.25, 0.3) is 0 Å². The molecule has 0 saturated heterocycles. The fourth-order valence-electron chi connectivity index (χ4n) is 0.996. The van der Waals surface area contributed by atoms with Gasteiger partial charge < -0.3 is 0 Å². The molecular formula is C8H12F3N3S2. The number of hydrogen-bond donors (Lipinski definition) is 0. The minimum atomic E-state index is -4.09. The van der Waals surface area contributed by atoms with Gasteiger partial charge in [0.2, 0.25) is 0 Å². The van der Waals surface area contributed by atoms with Crippen LogP contribution in [0.5, 0.6) is 0 Å². The zero-order valence-electron chi connectivity index (χ0n) is 8.86. The third kappa shape index (κ3) is 4.65. The normalized spacial score (nSPS) is 14.1. The van der Waals surface area contributed by atoms with Gasteiger partial charge in [-0.25, -0.2) is 4.68 Å². The van der Waals surface area contributed by atoms with Crippen molar-refractivity contribution in [3.63, 3.8) is 0 Å². The lowest BCUT2D eigenvalue weighted by Gasteiger charge is -2.14. The van der Waals surface area contributed by atoms with Crippen LogP contribution in [0.1, 0.15) is 16.8 Å². The molecule has 1 atom stereocenters. The first-order valence-electron chi connectivity index (χ1n) is 4.52. The van der Waals surface area contributed by atoms with E-state index in [2.05, 4.69) is 10.3 Å². The summed E-state index contributed by atoms with van der Waals surface area (Å²) in [5.74, 6) is 0.0356. The summed E-state index contributed by atoms with van der Waals surface area (Å²) in [4.78, 5) is 0. The summed E-state index contributed by atoms with van der Waals surface area (Å²) in [6, 6.07) is 0. The maximum Gasteiger partial charge on any atom is 0.389 e. The molecule has 0 fully saturated rings. The van der Waals surface area contributed by atoms with Gasteiger partial charge in [-0.1, -0.05) is 5.21 Å². The van der Waals surface area contributed by atoms with Crippen molar-refractivity contribution in [1.82, 2.24) is 15.0 Å². The van der Waals surface area contributed by atoms with Crippen LogP contribution in [0, 0.1) is 6.92 Å². The average Bonchev–Trinajstić information content (AvgIpc) is 2.58. The number of rotatable bonds is 5. The fraction of sp³-hybridized carbons (Fsp3) is 0.750. The molecule has 1 unspecified atom stereocenters. The van der Waals surface area contributed by atoms with Gasteiger partial charge in [-0.05, 0) is 13.2 Å². The Morgan fingerprint density at radius 2 is 2.19 bits per heavy atom. The topological polar surface area (TPSA) is 30.7 Å². The Morgan fingerprint density at radius 1 is 1.50 bits per heavy atom. The number of thioether (sulfide) groups is 2. The molecule has 0 saturated carbocycles. The van der Waals surface area contributed by atoms with E-state index >= 15 is 0 Å². The highest BCUT2D eigenvalue weighted by molar-refractivity contribution is 8.15. The Labute approximate surface area is 100 Å². The van der Waals surface area contributed by atoms with Crippen LogP contribution in [-0.2, 0) is 0 Å². The summed E-state index contributed by atoms with van der Waals surface area (Å²) in [5.41, 5.74) is 0.760. The SMILES string of the molecule is CSC(SCCC(F)(F)F)n1cc(C)nn1. The highest BCUT2D eigenvalue weighted by atomic mass is 32.2. The third-order valence-electron chi connectivity index (χ3n) is 1.69. The maximum absolute atomic E-state index is 12.0. The van der Waals surface area contributed by atoms with Crippen LogP contribution < -0.4 is 0 Å². The second kappa shape index (κ2) is 5.81. The molecule has 3 nitrogen and oxygen atoms in total. The number of halogens is 3. The lowest BCUT2D eigenvalue weighted by Crippen LogP contribution is -2.10. The third-order valence-corrected chi connectivity index (χ3v) is 4.23. The Hall–Kier alpha value is -0.370. The predicted octanol–water partition coefficient (Wildman–Crippen LogP) is 3.09. The molecule has 0 bridgehead atoms. The number of aromatic nitrogens is 3. The summed E-state index contributed by atoms with van der Waals surface area (Å²) in [5, 5.41) is 7.65. The first-order valence-corrected chi connectivity index (χ1v) is 6.85. The highest BCUT2D eigenvalue weighted by Crippen LogP contribution is 2.34. The summed E-state index contributed by atoms with van der Waals surface area (Å²) >= 11 is 2.66. The van der Waals surface area contributed by atoms with Gasteiger partial charge in [-0.3, -0.25) is 0 Å². The largest absolute Gasteiger partial charge is 0.389 e. The van der Waals surface area contributed by atoms with Crippen LogP contribution in [0.3, 0.4) is 0 Å². The van der Waals surface area contributed by atoms with Gasteiger partial charge in [0.05, 0.1) is 18.3 Å². The molecule has 0 aliphatic heterocycles. The van der Waals surface area contributed by atoms with Gasteiger partial charge in [-0.2, -0.15) is 13.2 Å². The van der Waals surface area contributed by atoms with Gasteiger partial charge in [0, 0.05) is 5.75 Å². The van der Waals surface area contributed by atoms with E-state index in [1.807, 2.05) is 6.26 Å². The lowest BCUT2D eigenvalue weighted by atomic mass is 10.5. The second-order valence-electron chi connectivity index (χ2n) is 3.12. The van der Waals surface area contributed by atoms with E-state index in [-0.39, 0.29) is 10.5 Å². The standard InChI is InChI=1S/C8H12F3N3S2/c1-6-5-14(13-12-6)7(15-2)16-4-3-8(9,10)11/h5,7H,3-4H2,1-2H3. The van der Waals surface area contributed by atoms with E-state index in [1.54, 1.807) is 17.8 Å². The monoisotopic (exact) mass is 271 g/mol. The quantitative estimate of drug-likeness (QED) is 0.770. The van der Waals surface area contributed by atoms with Crippen molar-refractivity contribution < 1.29 is 13.2 Å². The first kappa shape index (κ1) is 13.7. The molecule has 1 rings (SSSR count). The van der Waals surface area contributed by atoms with E-state index < -0.39 is 12.6 Å². The van der Waals surface area contributed by atoms with E-state index in [4.69, 9.17) is 0 Å². The van der Waals surface area contributed by atoms with Gasteiger partial charge >= 0.3 is 6.18 Å². The molecule has 0 aromatic carbocycles. The van der Waals surface area contributed by atoms with Gasteiger partial charge in [-0.15, -0.1) is 28.6 Å². The molecular weight excluding hydrogens is 259 g/mol. The molecule has 1 heterocycles. The van der Waals surface area contributed by atoms with Crippen LogP contribution in [0.2, 0.25) is 0 Å². The lowest BCUT2D eigenvalue weighted by molar-refractivity contribution is -0.129. The van der Waals surface area contributed by atoms with Crippen molar-refractivity contribution in [3.8, 4) is 0 Å². The van der Waals surface area contributed by atoms with E-state index in [9.17, 15) is 13.2 Å². The van der Waals surface area contributed by atoms with Crippen molar-refractivity contribution in [2.24, 2.45) is 0 Å². The Balaban J connectivity index is 2.44. The van der Waals surface area contributed by atoms with Crippen LogP contribution >= 0.6 is 23.5 Å². The van der Waals surface area contributed by atoms with Crippen molar-refractivity contribution >= 4 is 23.5 Å². The second-order valence-corrected chi connectivity index (χ2v) is 5.52. The van der Waals surface area contributed by atoms with E-state index in [1.165, 1.54) is 23.5 Å². The first-order chi connectivity index (χ1) is 7.42. The minimum absolute atomic E-state index is 0.0356. The zero-order chi connectivity index (χ0) is 12.2. The summed E-state index contributed by atoms with van der Waals surface area (Å²) in [7, 11) is 0. The zero-order valence-corrected chi connectivity index (χ0v) is 10.5. The molecule has 0 spiro atoms. The van der Waals surface area contributed by atoms with Crippen LogP contribution in [0.4, 0.5) is 13.2 Å². The Bertz CT molecular complexity index is 327. The minimum Gasteiger partial charge on any atom is -0.229 e. The Kier molecular flexibility index (Phi) is 4.97. The predicted molar refractivity (Wildman–Crippen MR) is 60.4 cm³/mol. The average molecular weight is 271 g/mol. The summed E-state index contributed by atoms with van der Waals surface area (Å²) in [6.07, 6.45) is -1.30. The van der Waals surface area contributed by atoms with Crippen molar-refractivity contribution in [2.45, 2.75) is 24.2 Å². The molecule has 0 radical (unpaired) electrons. The van der Waals surface area contributed by atoms with Crippen LogP contribution in [0.25, 0.3) is 0 Å². The summed E-state index contributed by atoms with van der Waals surface area (Å²) in [6.45, 7) is 1.79. The molecule has 1 aromatic heterocycles. The molecule has 1 aromatic rings. The Morgan fingerprint density at radius 3 is 2.62 bits per heavy atom. The molecule has 0 aliphatic carbocycles. The van der Waals surface area contributed by atoms with Crippen molar-refractivity contribution in [1.29, 1.82) is 0 Å². The van der Waals surface area contributed by atoms with E-state index in [0.717, 1.165) is 5.69 Å². The number of aryl methyl sites for hydroxylation is 1. The highest BCUT2D eigenvalue weighted by Gasteiger charge is 2.27. The molecule has 8 heteroatoms.